The first-order chi connectivity index (χ1) is 11.1. The van der Waals surface area contributed by atoms with Crippen molar-refractivity contribution >= 4 is 28.4 Å². The summed E-state index contributed by atoms with van der Waals surface area (Å²) in [6, 6.07) is 13.4. The lowest BCUT2D eigenvalue weighted by Crippen LogP contribution is -2.33. The van der Waals surface area contributed by atoms with Crippen LogP contribution >= 0.6 is 0 Å². The van der Waals surface area contributed by atoms with E-state index in [0.717, 1.165) is 10.8 Å². The number of hydrogen-bond acceptors (Lipinski definition) is 3. The van der Waals surface area contributed by atoms with Gasteiger partial charge in [-0.15, -0.1) is 0 Å². The Morgan fingerprint density at radius 1 is 0.870 bits per heavy atom. The van der Waals surface area contributed by atoms with Crippen LogP contribution in [0, 0.1) is 0 Å². The number of hydrogen-bond donors (Lipinski definition) is 2. The molecule has 0 fully saturated rings. The second-order valence-corrected chi connectivity index (χ2v) is 5.32. The average Bonchev–Trinajstić information content (AvgIpc) is 2.56. The molecule has 0 unspecified atom stereocenters. The molecule has 2 rings (SSSR count). The van der Waals surface area contributed by atoms with Crippen LogP contribution < -0.4 is 10.6 Å². The zero-order valence-corrected chi connectivity index (χ0v) is 13.1. The van der Waals surface area contributed by atoms with Gasteiger partial charge < -0.3 is 10.6 Å². The minimum absolute atomic E-state index is 0.0484. The van der Waals surface area contributed by atoms with Gasteiger partial charge in [0.1, 0.15) is 0 Å². The van der Waals surface area contributed by atoms with Gasteiger partial charge in [0, 0.05) is 38.4 Å². The van der Waals surface area contributed by atoms with Gasteiger partial charge in [-0.05, 0) is 16.8 Å². The van der Waals surface area contributed by atoms with E-state index >= 15 is 0 Å². The average molecular weight is 312 g/mol. The second kappa shape index (κ2) is 8.08. The highest BCUT2D eigenvalue weighted by Crippen LogP contribution is 2.17. The molecular weight excluding hydrogens is 292 g/mol. The number of carbonyl (C=O) groups excluding carboxylic acids is 3. The number of nitrogens with one attached hydrogen (secondary N) is 2. The number of benzene rings is 2. The molecule has 0 aliphatic heterocycles. The van der Waals surface area contributed by atoms with Crippen molar-refractivity contribution in [2.45, 2.75) is 19.8 Å². The van der Waals surface area contributed by atoms with Crippen molar-refractivity contribution in [3.05, 3.63) is 48.0 Å². The predicted molar refractivity (Wildman–Crippen MR) is 89.2 cm³/mol. The molecule has 2 aromatic rings. The van der Waals surface area contributed by atoms with E-state index in [1.165, 1.54) is 6.92 Å². The van der Waals surface area contributed by atoms with Crippen LogP contribution in [0.4, 0.5) is 0 Å². The van der Waals surface area contributed by atoms with E-state index in [-0.39, 0.29) is 30.4 Å². The van der Waals surface area contributed by atoms with Crippen molar-refractivity contribution < 1.29 is 14.4 Å². The highest BCUT2D eigenvalue weighted by Gasteiger charge is 2.09. The molecule has 0 spiro atoms. The Morgan fingerprint density at radius 3 is 2.30 bits per heavy atom. The summed E-state index contributed by atoms with van der Waals surface area (Å²) < 4.78 is 0. The summed E-state index contributed by atoms with van der Waals surface area (Å²) in [5.74, 6) is -0.372. The Hall–Kier alpha value is -2.69. The molecule has 2 amide bonds. The third-order valence-corrected chi connectivity index (χ3v) is 3.47. The fourth-order valence-corrected chi connectivity index (χ4v) is 2.26. The maximum atomic E-state index is 12.2. The highest BCUT2D eigenvalue weighted by molar-refractivity contribution is 6.01. The van der Waals surface area contributed by atoms with Gasteiger partial charge >= 0.3 is 0 Å². The summed E-state index contributed by atoms with van der Waals surface area (Å²) in [5.41, 5.74) is 0.620. The lowest BCUT2D eigenvalue weighted by Gasteiger charge is -2.06. The molecule has 5 heteroatoms. The Labute approximate surface area is 135 Å². The molecule has 2 aromatic carbocycles. The Kier molecular flexibility index (Phi) is 5.86. The van der Waals surface area contributed by atoms with Crippen molar-refractivity contribution in [1.29, 1.82) is 0 Å². The summed E-state index contributed by atoms with van der Waals surface area (Å²) in [5, 5.41) is 7.35. The van der Waals surface area contributed by atoms with Gasteiger partial charge in [-0.1, -0.05) is 36.4 Å². The quantitative estimate of drug-likeness (QED) is 0.607. The van der Waals surface area contributed by atoms with Crippen LogP contribution in [-0.2, 0) is 9.59 Å². The maximum absolute atomic E-state index is 12.2. The van der Waals surface area contributed by atoms with E-state index in [0.29, 0.717) is 18.7 Å². The monoisotopic (exact) mass is 312 g/mol. The van der Waals surface area contributed by atoms with Crippen LogP contribution in [0.25, 0.3) is 10.8 Å². The van der Waals surface area contributed by atoms with E-state index in [9.17, 15) is 14.4 Å². The smallest absolute Gasteiger partial charge is 0.220 e. The molecule has 0 saturated carbocycles. The van der Waals surface area contributed by atoms with Gasteiger partial charge in [-0.3, -0.25) is 14.4 Å². The number of rotatable bonds is 7. The van der Waals surface area contributed by atoms with Crippen molar-refractivity contribution in [1.82, 2.24) is 10.6 Å². The third-order valence-electron chi connectivity index (χ3n) is 3.47. The topological polar surface area (TPSA) is 75.3 Å². The van der Waals surface area contributed by atoms with Crippen molar-refractivity contribution in [3.63, 3.8) is 0 Å². The van der Waals surface area contributed by atoms with Gasteiger partial charge in [0.2, 0.25) is 11.8 Å². The van der Waals surface area contributed by atoms with Gasteiger partial charge in [-0.25, -0.2) is 0 Å². The van der Waals surface area contributed by atoms with Crippen LogP contribution in [0.5, 0.6) is 0 Å². The molecular formula is C18H20N2O3. The third kappa shape index (κ3) is 5.21. The number of Topliss-reactive ketones (excluding diaryl/α,β-unsaturated/α-hetero) is 1. The molecule has 0 aromatic heterocycles. The van der Waals surface area contributed by atoms with Gasteiger partial charge in [0.25, 0.3) is 0 Å². The van der Waals surface area contributed by atoms with Crippen LogP contribution in [0.1, 0.15) is 30.1 Å². The lowest BCUT2D eigenvalue weighted by molar-refractivity contribution is -0.122. The summed E-state index contributed by atoms with van der Waals surface area (Å²) >= 11 is 0. The number of ketones is 1. The minimum atomic E-state index is -0.190. The van der Waals surface area contributed by atoms with E-state index < -0.39 is 0 Å². The van der Waals surface area contributed by atoms with Crippen LogP contribution in [0.15, 0.2) is 42.5 Å². The standard InChI is InChI=1S/C18H20N2O3/c1-13(21)19-10-11-20-18(23)9-8-17(22)16-7-6-14-4-2-3-5-15(14)12-16/h2-7,12H,8-11H2,1H3,(H,19,21)(H,20,23). The van der Waals surface area contributed by atoms with Crippen molar-refractivity contribution in [3.8, 4) is 0 Å². The van der Waals surface area contributed by atoms with E-state index in [2.05, 4.69) is 10.6 Å². The SMILES string of the molecule is CC(=O)NCCNC(=O)CCC(=O)c1ccc2ccccc2c1. The number of amides is 2. The lowest BCUT2D eigenvalue weighted by atomic mass is 10.0. The van der Waals surface area contributed by atoms with Crippen LogP contribution in [-0.4, -0.2) is 30.7 Å². The molecule has 0 bridgehead atoms. The molecule has 0 aliphatic carbocycles. The van der Waals surface area contributed by atoms with Crippen LogP contribution in [0.2, 0.25) is 0 Å². The first kappa shape index (κ1) is 16.7. The van der Waals surface area contributed by atoms with Gasteiger partial charge in [0.05, 0.1) is 0 Å². The molecule has 120 valence electrons. The molecule has 0 radical (unpaired) electrons. The highest BCUT2D eigenvalue weighted by atomic mass is 16.2. The largest absolute Gasteiger partial charge is 0.355 e. The fourth-order valence-electron chi connectivity index (χ4n) is 2.26. The Balaban J connectivity index is 1.81. The molecule has 5 nitrogen and oxygen atoms in total. The zero-order valence-electron chi connectivity index (χ0n) is 13.1. The summed E-state index contributed by atoms with van der Waals surface area (Å²) in [7, 11) is 0. The van der Waals surface area contributed by atoms with Crippen molar-refractivity contribution in [2.75, 3.05) is 13.1 Å². The van der Waals surface area contributed by atoms with E-state index in [1.807, 2.05) is 36.4 Å². The number of carbonyl (C=O) groups is 3. The molecule has 0 atom stereocenters. The maximum Gasteiger partial charge on any atom is 0.220 e. The Morgan fingerprint density at radius 2 is 1.57 bits per heavy atom. The first-order valence-electron chi connectivity index (χ1n) is 7.59. The van der Waals surface area contributed by atoms with Crippen molar-refractivity contribution in [2.24, 2.45) is 0 Å². The van der Waals surface area contributed by atoms with E-state index in [4.69, 9.17) is 0 Å². The van der Waals surface area contributed by atoms with E-state index in [1.54, 1.807) is 6.07 Å². The Bertz CT molecular complexity index is 725. The van der Waals surface area contributed by atoms with Crippen LogP contribution in [0.3, 0.4) is 0 Å². The fraction of sp³-hybridized carbons (Fsp3) is 0.278. The molecule has 0 aliphatic rings. The second-order valence-electron chi connectivity index (χ2n) is 5.32. The predicted octanol–water partition coefficient (Wildman–Crippen LogP) is 2.05. The summed E-state index contributed by atoms with van der Waals surface area (Å²) in [6.07, 6.45) is 0.316. The molecule has 0 saturated heterocycles. The minimum Gasteiger partial charge on any atom is -0.355 e. The molecule has 2 N–H and O–H groups in total. The zero-order chi connectivity index (χ0) is 16.7. The summed E-state index contributed by atoms with van der Waals surface area (Å²) in [4.78, 5) is 34.5. The van der Waals surface area contributed by atoms with Gasteiger partial charge in [0.15, 0.2) is 5.78 Å². The summed E-state index contributed by atoms with van der Waals surface area (Å²) in [6.45, 7) is 2.17. The first-order valence-corrected chi connectivity index (χ1v) is 7.59. The molecule has 23 heavy (non-hydrogen) atoms. The number of fused-ring (bicyclic) bond motifs is 1. The molecule has 0 heterocycles. The normalized spacial score (nSPS) is 10.3. The van der Waals surface area contributed by atoms with Gasteiger partial charge in [-0.2, -0.15) is 0 Å².